The number of pyridine rings is 1. The molecule has 0 spiro atoms. The van der Waals surface area contributed by atoms with Gasteiger partial charge in [-0.3, -0.25) is 4.98 Å². The summed E-state index contributed by atoms with van der Waals surface area (Å²) in [5.41, 5.74) is 1.06. The Hall–Kier alpha value is -1.07. The van der Waals surface area contributed by atoms with Gasteiger partial charge in [-0.25, -0.2) is 0 Å². The van der Waals surface area contributed by atoms with Crippen molar-refractivity contribution in [1.29, 1.82) is 0 Å². The summed E-state index contributed by atoms with van der Waals surface area (Å²) in [5.74, 6) is 0.762. The van der Waals surface area contributed by atoms with Crippen LogP contribution in [0.2, 0.25) is 0 Å². The van der Waals surface area contributed by atoms with Gasteiger partial charge >= 0.3 is 0 Å². The van der Waals surface area contributed by atoms with E-state index < -0.39 is 0 Å². The zero-order valence-corrected chi connectivity index (χ0v) is 12.7. The van der Waals surface area contributed by atoms with Crippen LogP contribution in [0.3, 0.4) is 0 Å². The third-order valence-corrected chi connectivity index (χ3v) is 3.37. The summed E-state index contributed by atoms with van der Waals surface area (Å²) in [7, 11) is 0. The highest BCUT2D eigenvalue weighted by molar-refractivity contribution is 9.10. The van der Waals surface area contributed by atoms with E-state index in [0.29, 0.717) is 6.61 Å². The summed E-state index contributed by atoms with van der Waals surface area (Å²) < 4.78 is 7.54. The fourth-order valence-corrected chi connectivity index (χ4v) is 2.20. The number of anilines is 1. The molecule has 0 fully saturated rings. The molecule has 0 aliphatic heterocycles. The van der Waals surface area contributed by atoms with Crippen molar-refractivity contribution in [2.45, 2.75) is 0 Å². The summed E-state index contributed by atoms with van der Waals surface area (Å²) in [5, 5.41) is 3.29. The predicted octanol–water partition coefficient (Wildman–Crippen LogP) is 4.10. The van der Waals surface area contributed by atoms with Gasteiger partial charge in [0.25, 0.3) is 0 Å². The molecule has 94 valence electrons. The molecule has 1 aromatic carbocycles. The van der Waals surface area contributed by atoms with Crippen molar-refractivity contribution in [2.75, 3.05) is 18.5 Å². The van der Waals surface area contributed by atoms with Gasteiger partial charge in [-0.05, 0) is 50.1 Å². The van der Waals surface area contributed by atoms with Gasteiger partial charge < -0.3 is 10.1 Å². The van der Waals surface area contributed by atoms with Gasteiger partial charge in [-0.2, -0.15) is 0 Å². The molecule has 0 saturated heterocycles. The number of aromatic nitrogens is 1. The molecule has 2 aromatic rings. The van der Waals surface area contributed by atoms with E-state index in [1.807, 2.05) is 30.3 Å². The predicted molar refractivity (Wildman–Crippen MR) is 80.1 cm³/mol. The Morgan fingerprint density at radius 3 is 2.78 bits per heavy atom. The van der Waals surface area contributed by atoms with Crippen LogP contribution in [0.5, 0.6) is 5.75 Å². The number of nitrogens with zero attached hydrogens (tertiary/aromatic N) is 1. The molecule has 1 N–H and O–H groups in total. The molecule has 5 heteroatoms. The number of hydrogen-bond acceptors (Lipinski definition) is 3. The molecule has 1 aromatic heterocycles. The number of para-hydroxylation sites is 1. The molecular formula is C13H12Br2N2O. The number of halogens is 2. The number of hydrogen-bond donors (Lipinski definition) is 1. The van der Waals surface area contributed by atoms with Gasteiger partial charge in [0.15, 0.2) is 0 Å². The topological polar surface area (TPSA) is 34.1 Å². The summed E-state index contributed by atoms with van der Waals surface area (Å²) in [6.07, 6.45) is 3.43. The lowest BCUT2D eigenvalue weighted by atomic mass is 10.3. The lowest BCUT2D eigenvalue weighted by Gasteiger charge is -2.09. The van der Waals surface area contributed by atoms with Crippen LogP contribution in [0.15, 0.2) is 51.7 Å². The van der Waals surface area contributed by atoms with Crippen molar-refractivity contribution < 1.29 is 4.74 Å². The Labute approximate surface area is 123 Å². The highest BCUT2D eigenvalue weighted by Crippen LogP contribution is 2.21. The highest BCUT2D eigenvalue weighted by atomic mass is 79.9. The van der Waals surface area contributed by atoms with Crippen molar-refractivity contribution >= 4 is 37.5 Å². The van der Waals surface area contributed by atoms with Crippen LogP contribution in [0.4, 0.5) is 5.69 Å². The second-order valence-corrected chi connectivity index (χ2v) is 5.36. The van der Waals surface area contributed by atoms with Crippen LogP contribution in [0.1, 0.15) is 0 Å². The van der Waals surface area contributed by atoms with Gasteiger partial charge in [-0.1, -0.05) is 12.1 Å². The fourth-order valence-electron chi connectivity index (χ4n) is 1.43. The average Bonchev–Trinajstić information content (AvgIpc) is 2.37. The van der Waals surface area contributed by atoms with Crippen molar-refractivity contribution in [1.82, 2.24) is 4.98 Å². The van der Waals surface area contributed by atoms with E-state index in [-0.39, 0.29) is 0 Å². The Kier molecular flexibility index (Phi) is 5.01. The van der Waals surface area contributed by atoms with E-state index in [1.54, 1.807) is 12.4 Å². The van der Waals surface area contributed by atoms with Crippen molar-refractivity contribution in [2.24, 2.45) is 0 Å². The van der Waals surface area contributed by atoms with Crippen LogP contribution in [-0.4, -0.2) is 18.1 Å². The molecule has 0 aliphatic rings. The first kappa shape index (κ1) is 13.4. The van der Waals surface area contributed by atoms with Crippen LogP contribution >= 0.6 is 31.9 Å². The molecule has 0 radical (unpaired) electrons. The van der Waals surface area contributed by atoms with E-state index >= 15 is 0 Å². The maximum atomic E-state index is 5.58. The largest absolute Gasteiger partial charge is 0.490 e. The standard InChI is InChI=1S/C13H12Br2N2O/c14-10-7-11(9-16-8-10)18-6-5-17-13-4-2-1-3-12(13)15/h1-4,7-9,17H,5-6H2. The Bertz CT molecular complexity index is 520. The highest BCUT2D eigenvalue weighted by Gasteiger charge is 1.98. The minimum absolute atomic E-state index is 0.583. The fraction of sp³-hybridized carbons (Fsp3) is 0.154. The molecule has 2 rings (SSSR count). The molecule has 0 aliphatic carbocycles. The number of nitrogens with one attached hydrogen (secondary N) is 1. The Morgan fingerprint density at radius 1 is 1.17 bits per heavy atom. The first-order valence-corrected chi connectivity index (χ1v) is 7.06. The minimum Gasteiger partial charge on any atom is -0.490 e. The molecule has 18 heavy (non-hydrogen) atoms. The Morgan fingerprint density at radius 2 is 2.00 bits per heavy atom. The normalized spacial score (nSPS) is 10.1. The maximum absolute atomic E-state index is 5.58. The van der Waals surface area contributed by atoms with Crippen LogP contribution in [0.25, 0.3) is 0 Å². The number of rotatable bonds is 5. The van der Waals surface area contributed by atoms with E-state index in [4.69, 9.17) is 4.74 Å². The molecule has 3 nitrogen and oxygen atoms in total. The van der Waals surface area contributed by atoms with Gasteiger partial charge in [0.2, 0.25) is 0 Å². The zero-order chi connectivity index (χ0) is 12.8. The Balaban J connectivity index is 1.78. The average molecular weight is 372 g/mol. The van der Waals surface area contributed by atoms with E-state index in [9.17, 15) is 0 Å². The molecule has 0 saturated carbocycles. The van der Waals surface area contributed by atoms with Crippen molar-refractivity contribution in [3.63, 3.8) is 0 Å². The van der Waals surface area contributed by atoms with Gasteiger partial charge in [-0.15, -0.1) is 0 Å². The van der Waals surface area contributed by atoms with Crippen molar-refractivity contribution in [3.05, 3.63) is 51.7 Å². The van der Waals surface area contributed by atoms with E-state index in [0.717, 1.165) is 26.9 Å². The quantitative estimate of drug-likeness (QED) is 0.803. The summed E-state index contributed by atoms with van der Waals surface area (Å²) in [4.78, 5) is 4.04. The first-order chi connectivity index (χ1) is 8.75. The summed E-state index contributed by atoms with van der Waals surface area (Å²) in [6.45, 7) is 1.31. The molecule has 0 bridgehead atoms. The first-order valence-electron chi connectivity index (χ1n) is 5.47. The molecule has 1 heterocycles. The van der Waals surface area contributed by atoms with Gasteiger partial charge in [0, 0.05) is 27.4 Å². The monoisotopic (exact) mass is 370 g/mol. The van der Waals surface area contributed by atoms with Gasteiger partial charge in [0.1, 0.15) is 12.4 Å². The summed E-state index contributed by atoms with van der Waals surface area (Å²) in [6, 6.07) is 9.89. The van der Waals surface area contributed by atoms with Crippen molar-refractivity contribution in [3.8, 4) is 5.75 Å². The maximum Gasteiger partial charge on any atom is 0.138 e. The zero-order valence-electron chi connectivity index (χ0n) is 9.57. The second kappa shape index (κ2) is 6.75. The van der Waals surface area contributed by atoms with Crippen LogP contribution in [0, 0.1) is 0 Å². The molecule has 0 unspecified atom stereocenters. The minimum atomic E-state index is 0.583. The smallest absolute Gasteiger partial charge is 0.138 e. The second-order valence-electron chi connectivity index (χ2n) is 3.59. The lowest BCUT2D eigenvalue weighted by Crippen LogP contribution is -2.11. The SMILES string of the molecule is Brc1cncc(OCCNc2ccccc2Br)c1. The molecule has 0 atom stereocenters. The van der Waals surface area contributed by atoms with E-state index in [2.05, 4.69) is 42.2 Å². The lowest BCUT2D eigenvalue weighted by molar-refractivity contribution is 0.331. The molecule has 0 amide bonds. The van der Waals surface area contributed by atoms with Crippen LogP contribution < -0.4 is 10.1 Å². The van der Waals surface area contributed by atoms with Crippen LogP contribution in [-0.2, 0) is 0 Å². The third-order valence-electron chi connectivity index (χ3n) is 2.24. The summed E-state index contributed by atoms with van der Waals surface area (Å²) >= 11 is 6.84. The van der Waals surface area contributed by atoms with Gasteiger partial charge in [0.05, 0.1) is 6.20 Å². The van der Waals surface area contributed by atoms with E-state index in [1.165, 1.54) is 0 Å². The number of ether oxygens (including phenoxy) is 1. The third kappa shape index (κ3) is 3.99. The molecular weight excluding hydrogens is 360 g/mol. The number of benzene rings is 1.